The first-order valence-electron chi connectivity index (χ1n) is 6.86. The largest absolute Gasteiger partial charge is 0.490 e. The lowest BCUT2D eigenvalue weighted by Gasteiger charge is -2.25. The number of halogens is 1. The monoisotopic (exact) mass is 305 g/mol. The van der Waals surface area contributed by atoms with Gasteiger partial charge in [-0.05, 0) is 37.6 Å². The van der Waals surface area contributed by atoms with Crippen molar-refractivity contribution in [1.82, 2.24) is 0 Å². The molecule has 2 aromatic rings. The summed E-state index contributed by atoms with van der Waals surface area (Å²) in [7, 11) is 0. The number of hydrogen-bond acceptors (Lipinski definition) is 3. The minimum atomic E-state index is -1.07. The van der Waals surface area contributed by atoms with Gasteiger partial charge in [0.05, 0.1) is 0 Å². The van der Waals surface area contributed by atoms with E-state index in [2.05, 4.69) is 0 Å². The normalized spacial score (nSPS) is 15.3. The standard InChI is InChI=1S/C17H20ClNO2/c1-12(19)15-10-14(18)8-9-16(15)21-11-17(2,20)13-6-4-3-5-7-13/h3-10,12,20H,11,19H2,1-2H3/t12-,17?/m0/s1. The highest BCUT2D eigenvalue weighted by Gasteiger charge is 2.24. The van der Waals surface area contributed by atoms with E-state index in [-0.39, 0.29) is 12.6 Å². The Morgan fingerprint density at radius 3 is 2.52 bits per heavy atom. The number of benzene rings is 2. The lowest BCUT2D eigenvalue weighted by Crippen LogP contribution is -2.29. The second-order valence-corrected chi connectivity index (χ2v) is 5.84. The number of nitrogens with two attached hydrogens (primary N) is 1. The van der Waals surface area contributed by atoms with E-state index in [1.54, 1.807) is 25.1 Å². The summed E-state index contributed by atoms with van der Waals surface area (Å²) in [5, 5.41) is 11.2. The molecule has 0 heterocycles. The van der Waals surface area contributed by atoms with Gasteiger partial charge in [-0.15, -0.1) is 0 Å². The van der Waals surface area contributed by atoms with E-state index in [0.29, 0.717) is 10.8 Å². The van der Waals surface area contributed by atoms with Crippen molar-refractivity contribution in [2.75, 3.05) is 6.61 Å². The highest BCUT2D eigenvalue weighted by molar-refractivity contribution is 6.30. The number of aliphatic hydroxyl groups is 1. The van der Waals surface area contributed by atoms with Crippen molar-refractivity contribution in [2.45, 2.75) is 25.5 Å². The third-order valence-electron chi connectivity index (χ3n) is 3.37. The summed E-state index contributed by atoms with van der Waals surface area (Å²) in [6.45, 7) is 3.73. The van der Waals surface area contributed by atoms with Gasteiger partial charge in [0, 0.05) is 16.6 Å². The van der Waals surface area contributed by atoms with Gasteiger partial charge >= 0.3 is 0 Å². The molecule has 1 unspecified atom stereocenters. The van der Waals surface area contributed by atoms with Crippen molar-refractivity contribution in [3.8, 4) is 5.75 Å². The van der Waals surface area contributed by atoms with Crippen LogP contribution in [-0.2, 0) is 5.60 Å². The second kappa shape index (κ2) is 6.48. The molecule has 0 aliphatic heterocycles. The fourth-order valence-corrected chi connectivity index (χ4v) is 2.29. The summed E-state index contributed by atoms with van der Waals surface area (Å²) in [6, 6.07) is 14.6. The van der Waals surface area contributed by atoms with Gasteiger partial charge in [-0.2, -0.15) is 0 Å². The number of hydrogen-bond donors (Lipinski definition) is 2. The highest BCUT2D eigenvalue weighted by Crippen LogP contribution is 2.29. The number of rotatable bonds is 5. The van der Waals surface area contributed by atoms with Gasteiger partial charge in [-0.1, -0.05) is 41.9 Å². The molecule has 0 spiro atoms. The molecule has 0 radical (unpaired) electrons. The van der Waals surface area contributed by atoms with Gasteiger partial charge in [0.1, 0.15) is 18.0 Å². The molecule has 2 atom stereocenters. The van der Waals surface area contributed by atoms with Gasteiger partial charge < -0.3 is 15.6 Å². The summed E-state index contributed by atoms with van der Waals surface area (Å²) in [5.41, 5.74) is 6.49. The van der Waals surface area contributed by atoms with E-state index >= 15 is 0 Å². The maximum atomic E-state index is 10.5. The quantitative estimate of drug-likeness (QED) is 0.886. The topological polar surface area (TPSA) is 55.5 Å². The molecule has 0 bridgehead atoms. The van der Waals surface area contributed by atoms with E-state index in [9.17, 15) is 5.11 Å². The van der Waals surface area contributed by atoms with E-state index < -0.39 is 5.60 Å². The van der Waals surface area contributed by atoms with E-state index in [1.165, 1.54) is 0 Å². The molecule has 3 nitrogen and oxygen atoms in total. The molecule has 0 saturated heterocycles. The summed E-state index contributed by atoms with van der Waals surface area (Å²) >= 11 is 5.99. The third kappa shape index (κ3) is 3.97. The fraction of sp³-hybridized carbons (Fsp3) is 0.294. The molecule has 0 aliphatic rings. The molecular formula is C17H20ClNO2. The molecule has 3 N–H and O–H groups in total. The van der Waals surface area contributed by atoms with Crippen LogP contribution in [0.5, 0.6) is 5.75 Å². The molecule has 0 aliphatic carbocycles. The maximum absolute atomic E-state index is 10.5. The average Bonchev–Trinajstić information content (AvgIpc) is 2.47. The van der Waals surface area contributed by atoms with Gasteiger partial charge in [0.25, 0.3) is 0 Å². The molecule has 2 rings (SSSR count). The van der Waals surface area contributed by atoms with Crippen LogP contribution in [0.4, 0.5) is 0 Å². The summed E-state index contributed by atoms with van der Waals surface area (Å²) in [4.78, 5) is 0. The van der Waals surface area contributed by atoms with Crippen LogP contribution in [0.25, 0.3) is 0 Å². The Morgan fingerprint density at radius 1 is 1.24 bits per heavy atom. The maximum Gasteiger partial charge on any atom is 0.124 e. The zero-order chi connectivity index (χ0) is 15.5. The number of ether oxygens (including phenoxy) is 1. The SMILES string of the molecule is C[C@H](N)c1cc(Cl)ccc1OCC(C)(O)c1ccccc1. The molecule has 2 aromatic carbocycles. The predicted molar refractivity (Wildman–Crippen MR) is 85.6 cm³/mol. The molecule has 0 saturated carbocycles. The van der Waals surface area contributed by atoms with Crippen molar-refractivity contribution in [3.63, 3.8) is 0 Å². The second-order valence-electron chi connectivity index (χ2n) is 5.40. The van der Waals surface area contributed by atoms with E-state index in [4.69, 9.17) is 22.1 Å². The first kappa shape index (κ1) is 15.8. The first-order chi connectivity index (χ1) is 9.90. The van der Waals surface area contributed by atoms with Crippen molar-refractivity contribution < 1.29 is 9.84 Å². The van der Waals surface area contributed by atoms with E-state index in [1.807, 2.05) is 37.3 Å². The van der Waals surface area contributed by atoms with Crippen LogP contribution in [-0.4, -0.2) is 11.7 Å². The van der Waals surface area contributed by atoms with Gasteiger partial charge in [-0.25, -0.2) is 0 Å². The van der Waals surface area contributed by atoms with Crippen LogP contribution in [0.1, 0.15) is 31.0 Å². The zero-order valence-electron chi connectivity index (χ0n) is 12.2. The van der Waals surface area contributed by atoms with E-state index in [0.717, 1.165) is 11.1 Å². The van der Waals surface area contributed by atoms with Crippen molar-refractivity contribution >= 4 is 11.6 Å². The predicted octanol–water partition coefficient (Wildman–Crippen LogP) is 3.65. The molecule has 112 valence electrons. The van der Waals surface area contributed by atoms with Crippen LogP contribution in [0, 0.1) is 0 Å². The fourth-order valence-electron chi connectivity index (χ4n) is 2.11. The van der Waals surface area contributed by atoms with Crippen molar-refractivity contribution in [1.29, 1.82) is 0 Å². The lowest BCUT2D eigenvalue weighted by molar-refractivity contribution is 0.00722. The van der Waals surface area contributed by atoms with Crippen LogP contribution in [0.3, 0.4) is 0 Å². The van der Waals surface area contributed by atoms with Crippen molar-refractivity contribution in [2.24, 2.45) is 5.73 Å². The summed E-state index contributed by atoms with van der Waals surface area (Å²) in [5.74, 6) is 0.644. The summed E-state index contributed by atoms with van der Waals surface area (Å²) < 4.78 is 5.78. The van der Waals surface area contributed by atoms with Gasteiger partial charge in [-0.3, -0.25) is 0 Å². The molecule has 0 fully saturated rings. The Bertz CT molecular complexity index is 597. The van der Waals surface area contributed by atoms with Crippen LogP contribution in [0.2, 0.25) is 5.02 Å². The lowest BCUT2D eigenvalue weighted by atomic mass is 9.97. The smallest absolute Gasteiger partial charge is 0.124 e. The minimum absolute atomic E-state index is 0.137. The van der Waals surface area contributed by atoms with Crippen LogP contribution < -0.4 is 10.5 Å². The molecule has 0 amide bonds. The Labute approximate surface area is 130 Å². The van der Waals surface area contributed by atoms with Gasteiger partial charge in [0.2, 0.25) is 0 Å². The van der Waals surface area contributed by atoms with Crippen LogP contribution >= 0.6 is 11.6 Å². The Morgan fingerprint density at radius 2 is 1.90 bits per heavy atom. The Kier molecular flexibility index (Phi) is 4.88. The third-order valence-corrected chi connectivity index (χ3v) is 3.60. The first-order valence-corrected chi connectivity index (χ1v) is 7.23. The summed E-state index contributed by atoms with van der Waals surface area (Å²) in [6.07, 6.45) is 0. The molecule has 21 heavy (non-hydrogen) atoms. The van der Waals surface area contributed by atoms with Crippen molar-refractivity contribution in [3.05, 3.63) is 64.7 Å². The zero-order valence-corrected chi connectivity index (χ0v) is 13.0. The molecule has 0 aromatic heterocycles. The average molecular weight is 306 g/mol. The molecular weight excluding hydrogens is 286 g/mol. The molecule has 4 heteroatoms. The van der Waals surface area contributed by atoms with Gasteiger partial charge in [0.15, 0.2) is 0 Å². The Hall–Kier alpha value is -1.55. The van der Waals surface area contributed by atoms with Crippen LogP contribution in [0.15, 0.2) is 48.5 Å². The Balaban J connectivity index is 2.16. The minimum Gasteiger partial charge on any atom is -0.490 e. The highest BCUT2D eigenvalue weighted by atomic mass is 35.5.